The van der Waals surface area contributed by atoms with Crippen LogP contribution >= 0.6 is 11.6 Å². The standard InChI is InChI=1S/C11H12ClNO3/c1-7(11(15)16)13-10(14)6-8-3-2-4-9(12)5-8/h2-5,7H,6H2,1H3,(H,13,14)(H,15,16)/t7-/m1/s1. The van der Waals surface area contributed by atoms with Gasteiger partial charge in [0.05, 0.1) is 6.42 Å². The van der Waals surface area contributed by atoms with Crippen LogP contribution in [0.15, 0.2) is 24.3 Å². The molecule has 0 fully saturated rings. The average Bonchev–Trinajstić information content (AvgIpc) is 2.16. The first-order valence-corrected chi connectivity index (χ1v) is 5.13. The van der Waals surface area contributed by atoms with E-state index in [1.165, 1.54) is 6.92 Å². The summed E-state index contributed by atoms with van der Waals surface area (Å²) in [6, 6.07) is 6.00. The maximum Gasteiger partial charge on any atom is 0.325 e. The lowest BCUT2D eigenvalue weighted by Gasteiger charge is -2.09. The molecule has 5 heteroatoms. The van der Waals surface area contributed by atoms with Crippen molar-refractivity contribution in [1.82, 2.24) is 5.32 Å². The molecule has 0 aromatic heterocycles. The molecule has 0 saturated heterocycles. The summed E-state index contributed by atoms with van der Waals surface area (Å²) in [6.45, 7) is 1.41. The first-order chi connectivity index (χ1) is 7.49. The summed E-state index contributed by atoms with van der Waals surface area (Å²) in [4.78, 5) is 21.9. The van der Waals surface area contributed by atoms with Crippen LogP contribution in [0.25, 0.3) is 0 Å². The van der Waals surface area contributed by atoms with Crippen LogP contribution in [0.5, 0.6) is 0 Å². The Balaban J connectivity index is 2.55. The minimum absolute atomic E-state index is 0.123. The van der Waals surface area contributed by atoms with Crippen molar-refractivity contribution in [1.29, 1.82) is 0 Å². The van der Waals surface area contributed by atoms with E-state index in [2.05, 4.69) is 5.32 Å². The minimum atomic E-state index is -1.06. The highest BCUT2D eigenvalue weighted by Crippen LogP contribution is 2.10. The maximum absolute atomic E-state index is 11.4. The van der Waals surface area contributed by atoms with Crippen molar-refractivity contribution in [3.63, 3.8) is 0 Å². The second-order valence-corrected chi connectivity index (χ2v) is 3.87. The van der Waals surface area contributed by atoms with Crippen molar-refractivity contribution >= 4 is 23.5 Å². The summed E-state index contributed by atoms with van der Waals surface area (Å²) >= 11 is 5.76. The second kappa shape index (κ2) is 5.51. The second-order valence-electron chi connectivity index (χ2n) is 3.43. The lowest BCUT2D eigenvalue weighted by Crippen LogP contribution is -2.39. The fourth-order valence-electron chi connectivity index (χ4n) is 1.19. The van der Waals surface area contributed by atoms with Crippen LogP contribution in [0.2, 0.25) is 5.02 Å². The molecule has 0 spiro atoms. The van der Waals surface area contributed by atoms with Crippen LogP contribution < -0.4 is 5.32 Å². The van der Waals surface area contributed by atoms with E-state index in [9.17, 15) is 9.59 Å². The van der Waals surface area contributed by atoms with Crippen molar-refractivity contribution in [2.45, 2.75) is 19.4 Å². The Kier molecular flexibility index (Phi) is 4.31. The third-order valence-corrected chi connectivity index (χ3v) is 2.24. The summed E-state index contributed by atoms with van der Waals surface area (Å²) < 4.78 is 0. The molecule has 0 unspecified atom stereocenters. The molecule has 0 radical (unpaired) electrons. The van der Waals surface area contributed by atoms with E-state index in [0.717, 1.165) is 5.56 Å². The number of carboxylic acid groups (broad SMARTS) is 1. The van der Waals surface area contributed by atoms with Crippen molar-refractivity contribution < 1.29 is 14.7 Å². The lowest BCUT2D eigenvalue weighted by atomic mass is 10.1. The van der Waals surface area contributed by atoms with Crippen LogP contribution in [0, 0.1) is 0 Å². The summed E-state index contributed by atoms with van der Waals surface area (Å²) in [5.41, 5.74) is 0.752. The zero-order valence-electron chi connectivity index (χ0n) is 8.74. The molecule has 0 aliphatic heterocycles. The smallest absolute Gasteiger partial charge is 0.325 e. The molecule has 0 aliphatic carbocycles. The van der Waals surface area contributed by atoms with Gasteiger partial charge in [-0.05, 0) is 24.6 Å². The van der Waals surface area contributed by atoms with E-state index in [0.29, 0.717) is 5.02 Å². The quantitative estimate of drug-likeness (QED) is 0.839. The van der Waals surface area contributed by atoms with Crippen LogP contribution in [0.3, 0.4) is 0 Å². The highest BCUT2D eigenvalue weighted by molar-refractivity contribution is 6.30. The lowest BCUT2D eigenvalue weighted by molar-refractivity contribution is -0.141. The molecule has 0 saturated carbocycles. The van der Waals surface area contributed by atoms with Gasteiger partial charge in [0.1, 0.15) is 6.04 Å². The Morgan fingerprint density at radius 3 is 2.75 bits per heavy atom. The number of aliphatic carboxylic acids is 1. The van der Waals surface area contributed by atoms with Crippen LogP contribution in [0.1, 0.15) is 12.5 Å². The van der Waals surface area contributed by atoms with E-state index >= 15 is 0 Å². The predicted molar refractivity (Wildman–Crippen MR) is 60.4 cm³/mol. The SMILES string of the molecule is C[C@@H](NC(=O)Cc1cccc(Cl)c1)C(=O)O. The fourth-order valence-corrected chi connectivity index (χ4v) is 1.40. The molecule has 1 amide bonds. The van der Waals surface area contributed by atoms with Crippen molar-refractivity contribution in [3.8, 4) is 0 Å². The molecule has 1 atom stereocenters. The topological polar surface area (TPSA) is 66.4 Å². The van der Waals surface area contributed by atoms with Crippen molar-refractivity contribution in [2.24, 2.45) is 0 Å². The normalized spacial score (nSPS) is 11.9. The maximum atomic E-state index is 11.4. The van der Waals surface area contributed by atoms with Gasteiger partial charge in [0.25, 0.3) is 0 Å². The Hall–Kier alpha value is -1.55. The number of halogens is 1. The molecule has 0 heterocycles. The zero-order valence-corrected chi connectivity index (χ0v) is 9.49. The number of amides is 1. The number of hydrogen-bond donors (Lipinski definition) is 2. The number of carboxylic acids is 1. The van der Waals surface area contributed by atoms with Gasteiger partial charge in [-0.1, -0.05) is 23.7 Å². The van der Waals surface area contributed by atoms with E-state index < -0.39 is 12.0 Å². The van der Waals surface area contributed by atoms with Gasteiger partial charge >= 0.3 is 5.97 Å². The molecule has 1 rings (SSSR count). The Morgan fingerprint density at radius 1 is 1.50 bits per heavy atom. The molecule has 2 N–H and O–H groups in total. The summed E-state index contributed by atoms with van der Waals surface area (Å²) in [5, 5.41) is 11.5. The molecule has 4 nitrogen and oxygen atoms in total. The molecule has 0 bridgehead atoms. The van der Waals surface area contributed by atoms with E-state index in [4.69, 9.17) is 16.7 Å². The summed E-state index contributed by atoms with van der Waals surface area (Å²) in [5.74, 6) is -1.39. The van der Waals surface area contributed by atoms with Gasteiger partial charge in [0.15, 0.2) is 0 Å². The molecule has 1 aromatic carbocycles. The molecular formula is C11H12ClNO3. The minimum Gasteiger partial charge on any atom is -0.480 e. The predicted octanol–water partition coefficient (Wildman–Crippen LogP) is 1.47. The van der Waals surface area contributed by atoms with Gasteiger partial charge in [0, 0.05) is 5.02 Å². The highest BCUT2D eigenvalue weighted by Gasteiger charge is 2.13. The van der Waals surface area contributed by atoms with Gasteiger partial charge in [-0.3, -0.25) is 9.59 Å². The Morgan fingerprint density at radius 2 is 2.19 bits per heavy atom. The van der Waals surface area contributed by atoms with Gasteiger partial charge in [0.2, 0.25) is 5.91 Å². The van der Waals surface area contributed by atoms with E-state index in [-0.39, 0.29) is 12.3 Å². The van der Waals surface area contributed by atoms with Crippen LogP contribution in [-0.4, -0.2) is 23.0 Å². The van der Waals surface area contributed by atoms with Crippen molar-refractivity contribution in [3.05, 3.63) is 34.9 Å². The Bertz CT molecular complexity index is 406. The molecule has 1 aromatic rings. The summed E-state index contributed by atoms with van der Waals surface area (Å²) in [7, 11) is 0. The van der Waals surface area contributed by atoms with E-state index in [1.807, 2.05) is 0 Å². The number of carbonyl (C=O) groups is 2. The fraction of sp³-hybridized carbons (Fsp3) is 0.273. The van der Waals surface area contributed by atoms with E-state index in [1.54, 1.807) is 24.3 Å². The highest BCUT2D eigenvalue weighted by atomic mass is 35.5. The first kappa shape index (κ1) is 12.5. The molecular weight excluding hydrogens is 230 g/mol. The van der Waals surface area contributed by atoms with Gasteiger partial charge in [-0.25, -0.2) is 0 Å². The molecule has 16 heavy (non-hydrogen) atoms. The monoisotopic (exact) mass is 241 g/mol. The Labute approximate surface area is 98.2 Å². The molecule has 0 aliphatic rings. The largest absolute Gasteiger partial charge is 0.480 e. The van der Waals surface area contributed by atoms with Crippen LogP contribution in [0.4, 0.5) is 0 Å². The summed E-state index contributed by atoms with van der Waals surface area (Å²) in [6.07, 6.45) is 0.123. The zero-order chi connectivity index (χ0) is 12.1. The number of rotatable bonds is 4. The number of carbonyl (C=O) groups excluding carboxylic acids is 1. The number of benzene rings is 1. The van der Waals surface area contributed by atoms with Crippen molar-refractivity contribution in [2.75, 3.05) is 0 Å². The van der Waals surface area contributed by atoms with Crippen LogP contribution in [-0.2, 0) is 16.0 Å². The van der Waals surface area contributed by atoms with Gasteiger partial charge < -0.3 is 10.4 Å². The third kappa shape index (κ3) is 3.90. The third-order valence-electron chi connectivity index (χ3n) is 2.00. The molecule has 86 valence electrons. The first-order valence-electron chi connectivity index (χ1n) is 4.75. The number of hydrogen-bond acceptors (Lipinski definition) is 2. The average molecular weight is 242 g/mol. The number of nitrogens with one attached hydrogen (secondary N) is 1. The van der Waals surface area contributed by atoms with Gasteiger partial charge in [-0.2, -0.15) is 0 Å². The van der Waals surface area contributed by atoms with Gasteiger partial charge in [-0.15, -0.1) is 0 Å².